The Bertz CT molecular complexity index is 436. The Labute approximate surface area is 86.9 Å². The molecular weight excluding hydrogens is 259 g/mol. The molecule has 0 radical (unpaired) electrons. The van der Waals surface area contributed by atoms with Crippen LogP contribution in [0.3, 0.4) is 0 Å². The summed E-state index contributed by atoms with van der Waals surface area (Å²) in [7, 11) is 0. The first-order valence-corrected chi connectivity index (χ1v) is 5.30. The molecule has 1 aromatic carbocycles. The fourth-order valence-electron chi connectivity index (χ4n) is 1.03. The highest BCUT2D eigenvalue weighted by atomic mass is 79.9. The highest BCUT2D eigenvalue weighted by molar-refractivity contribution is 9.10. The lowest BCUT2D eigenvalue weighted by Gasteiger charge is -1.90. The van der Waals surface area contributed by atoms with E-state index in [1.807, 2.05) is 18.2 Å². The van der Waals surface area contributed by atoms with Gasteiger partial charge in [-0.2, -0.15) is 4.39 Å². The monoisotopic (exact) mass is 262 g/mol. The number of benzene rings is 1. The average molecular weight is 263 g/mol. The lowest BCUT2D eigenvalue weighted by atomic mass is 10.3. The zero-order valence-electron chi connectivity index (χ0n) is 5.84. The summed E-state index contributed by atoms with van der Waals surface area (Å²) in [4.78, 5) is 0.447. The van der Waals surface area contributed by atoms with E-state index >= 15 is 0 Å². The maximum absolute atomic E-state index is 13.0. The smallest absolute Gasteiger partial charge is 0.190 e. The van der Waals surface area contributed by atoms with E-state index in [2.05, 4.69) is 28.6 Å². The van der Waals surface area contributed by atoms with Gasteiger partial charge in [-0.1, -0.05) is 22.0 Å². The molecule has 0 aliphatic carbocycles. The SMILES string of the molecule is Fc1sc2cc(Br)ccc2c1S. The molecule has 62 valence electrons. The van der Waals surface area contributed by atoms with Gasteiger partial charge in [-0.25, -0.2) is 0 Å². The summed E-state index contributed by atoms with van der Waals surface area (Å²) in [6.45, 7) is 0. The molecule has 0 saturated carbocycles. The normalized spacial score (nSPS) is 10.9. The van der Waals surface area contributed by atoms with Crippen LogP contribution in [0.5, 0.6) is 0 Å². The van der Waals surface area contributed by atoms with Crippen molar-refractivity contribution in [1.82, 2.24) is 0 Å². The van der Waals surface area contributed by atoms with Gasteiger partial charge in [0.05, 0.1) is 4.90 Å². The minimum atomic E-state index is -0.216. The maximum Gasteiger partial charge on any atom is 0.190 e. The van der Waals surface area contributed by atoms with Crippen LogP contribution in [0.1, 0.15) is 0 Å². The summed E-state index contributed by atoms with van der Waals surface area (Å²) in [5.41, 5.74) is 0. The number of fused-ring (bicyclic) bond motifs is 1. The van der Waals surface area contributed by atoms with Crippen LogP contribution in [0.25, 0.3) is 10.1 Å². The highest BCUT2D eigenvalue weighted by Crippen LogP contribution is 2.33. The van der Waals surface area contributed by atoms with E-state index in [1.165, 1.54) is 0 Å². The molecule has 2 rings (SSSR count). The molecule has 0 spiro atoms. The van der Waals surface area contributed by atoms with Crippen LogP contribution in [0.15, 0.2) is 27.6 Å². The molecule has 0 N–H and O–H groups in total. The van der Waals surface area contributed by atoms with Crippen LogP contribution < -0.4 is 0 Å². The zero-order chi connectivity index (χ0) is 8.72. The van der Waals surface area contributed by atoms with Crippen LogP contribution in [0, 0.1) is 5.13 Å². The molecule has 0 fully saturated rings. The van der Waals surface area contributed by atoms with Crippen molar-refractivity contribution in [3.8, 4) is 0 Å². The van der Waals surface area contributed by atoms with Crippen molar-refractivity contribution in [2.24, 2.45) is 0 Å². The van der Waals surface area contributed by atoms with E-state index in [0.29, 0.717) is 4.90 Å². The Hall–Kier alpha value is -0.0600. The Kier molecular flexibility index (Phi) is 2.14. The minimum Gasteiger partial charge on any atom is -0.194 e. The minimum absolute atomic E-state index is 0.216. The summed E-state index contributed by atoms with van der Waals surface area (Å²) >= 11 is 8.51. The molecule has 4 heteroatoms. The fraction of sp³-hybridized carbons (Fsp3) is 0. The Balaban J connectivity index is 2.87. The molecule has 0 bridgehead atoms. The maximum atomic E-state index is 13.0. The van der Waals surface area contributed by atoms with Gasteiger partial charge in [-0.05, 0) is 12.1 Å². The summed E-state index contributed by atoms with van der Waals surface area (Å²) < 4.78 is 14.9. The van der Waals surface area contributed by atoms with Crippen molar-refractivity contribution in [3.05, 3.63) is 27.8 Å². The van der Waals surface area contributed by atoms with E-state index in [1.54, 1.807) is 0 Å². The summed E-state index contributed by atoms with van der Waals surface area (Å²) in [6.07, 6.45) is 0. The van der Waals surface area contributed by atoms with Crippen LogP contribution in [-0.2, 0) is 0 Å². The van der Waals surface area contributed by atoms with Crippen molar-refractivity contribution < 1.29 is 4.39 Å². The van der Waals surface area contributed by atoms with Gasteiger partial charge in [0.1, 0.15) is 0 Å². The van der Waals surface area contributed by atoms with Gasteiger partial charge in [-0.3, -0.25) is 0 Å². The summed E-state index contributed by atoms with van der Waals surface area (Å²) in [5.74, 6) is 0. The standard InChI is InChI=1S/C8H4BrFS2/c9-4-1-2-5-6(3-4)12-8(10)7(5)11/h1-3,11H. The van der Waals surface area contributed by atoms with E-state index in [4.69, 9.17) is 0 Å². The summed E-state index contributed by atoms with van der Waals surface area (Å²) in [6, 6.07) is 5.64. The van der Waals surface area contributed by atoms with Crippen molar-refractivity contribution >= 4 is 50.0 Å². The molecule has 2 aromatic rings. The molecule has 1 aromatic heterocycles. The molecule has 0 unspecified atom stereocenters. The molecule has 0 nitrogen and oxygen atoms in total. The molecule has 0 saturated heterocycles. The first-order valence-electron chi connectivity index (χ1n) is 3.25. The van der Waals surface area contributed by atoms with Gasteiger partial charge in [-0.15, -0.1) is 24.0 Å². The van der Waals surface area contributed by atoms with Gasteiger partial charge in [0.15, 0.2) is 5.13 Å². The third-order valence-electron chi connectivity index (χ3n) is 1.58. The van der Waals surface area contributed by atoms with Crippen LogP contribution in [0.4, 0.5) is 4.39 Å². The van der Waals surface area contributed by atoms with Crippen LogP contribution in [-0.4, -0.2) is 0 Å². The first-order chi connectivity index (χ1) is 5.68. The number of thiophene rings is 1. The van der Waals surface area contributed by atoms with E-state index in [9.17, 15) is 4.39 Å². The topological polar surface area (TPSA) is 0 Å². The average Bonchev–Trinajstić information content (AvgIpc) is 2.28. The second kappa shape index (κ2) is 3.01. The summed E-state index contributed by atoms with van der Waals surface area (Å²) in [5, 5.41) is 0.662. The van der Waals surface area contributed by atoms with Gasteiger partial charge in [0.2, 0.25) is 0 Å². The largest absolute Gasteiger partial charge is 0.194 e. The predicted molar refractivity (Wildman–Crippen MR) is 56.7 cm³/mol. The lowest BCUT2D eigenvalue weighted by molar-refractivity contribution is 0.636. The van der Waals surface area contributed by atoms with Crippen molar-refractivity contribution in [3.63, 3.8) is 0 Å². The number of rotatable bonds is 0. The number of hydrogen-bond donors (Lipinski definition) is 1. The van der Waals surface area contributed by atoms with Crippen molar-refractivity contribution in [2.45, 2.75) is 4.90 Å². The molecule has 0 aliphatic heterocycles. The fourth-order valence-corrected chi connectivity index (χ4v) is 2.81. The Morgan fingerprint density at radius 1 is 1.42 bits per heavy atom. The van der Waals surface area contributed by atoms with Crippen LogP contribution in [0.2, 0.25) is 0 Å². The van der Waals surface area contributed by atoms with E-state index in [-0.39, 0.29) is 5.13 Å². The second-order valence-corrected chi connectivity index (χ2v) is 4.73. The molecule has 0 aliphatic rings. The third kappa shape index (κ3) is 1.28. The predicted octanol–water partition coefficient (Wildman–Crippen LogP) is 4.09. The molecule has 0 atom stereocenters. The van der Waals surface area contributed by atoms with E-state index in [0.717, 1.165) is 25.9 Å². The van der Waals surface area contributed by atoms with Gasteiger partial charge < -0.3 is 0 Å². The highest BCUT2D eigenvalue weighted by Gasteiger charge is 2.07. The van der Waals surface area contributed by atoms with Gasteiger partial charge in [0.25, 0.3) is 0 Å². The number of thiol groups is 1. The van der Waals surface area contributed by atoms with Crippen LogP contribution >= 0.6 is 39.9 Å². The molecular formula is C8H4BrFS2. The molecule has 1 heterocycles. The van der Waals surface area contributed by atoms with Crippen molar-refractivity contribution in [2.75, 3.05) is 0 Å². The molecule has 12 heavy (non-hydrogen) atoms. The lowest BCUT2D eigenvalue weighted by Crippen LogP contribution is -1.66. The number of halogens is 2. The van der Waals surface area contributed by atoms with Gasteiger partial charge in [0, 0.05) is 14.6 Å². The Morgan fingerprint density at radius 2 is 2.17 bits per heavy atom. The molecule has 0 amide bonds. The van der Waals surface area contributed by atoms with E-state index < -0.39 is 0 Å². The third-order valence-corrected chi connectivity index (χ3v) is 3.61. The Morgan fingerprint density at radius 3 is 2.92 bits per heavy atom. The van der Waals surface area contributed by atoms with Gasteiger partial charge >= 0.3 is 0 Å². The van der Waals surface area contributed by atoms with Crippen molar-refractivity contribution in [1.29, 1.82) is 0 Å². The quantitative estimate of drug-likeness (QED) is 0.680. The first kappa shape index (κ1) is 8.53. The second-order valence-electron chi connectivity index (χ2n) is 2.36. The number of hydrogen-bond acceptors (Lipinski definition) is 2. The zero-order valence-corrected chi connectivity index (χ0v) is 9.14.